The van der Waals surface area contributed by atoms with Crippen LogP contribution >= 0.6 is 0 Å². The van der Waals surface area contributed by atoms with Crippen LogP contribution in [0.5, 0.6) is 0 Å². The lowest BCUT2D eigenvalue weighted by atomic mass is 9.42. The molecule has 2 N–H and O–H groups in total. The fourth-order valence-electron chi connectivity index (χ4n) is 8.21. The van der Waals surface area contributed by atoms with Gasteiger partial charge in [0.15, 0.2) is 11.6 Å². The Labute approximate surface area is 200 Å². The Balaban J connectivity index is 1.91. The predicted octanol–water partition coefficient (Wildman–Crippen LogP) is 3.31. The molecule has 7 atom stereocenters. The first-order valence-electron chi connectivity index (χ1n) is 12.3. The first-order chi connectivity index (χ1) is 15.6. The van der Waals surface area contributed by atoms with E-state index in [1.807, 2.05) is 27.7 Å². The minimum absolute atomic E-state index is 0.0657. The summed E-state index contributed by atoms with van der Waals surface area (Å²) in [6, 6.07) is 0. The Morgan fingerprint density at radius 2 is 1.62 bits per heavy atom. The summed E-state index contributed by atoms with van der Waals surface area (Å²) < 4.78 is 0. The van der Waals surface area contributed by atoms with E-state index in [0.29, 0.717) is 12.8 Å². The number of ketones is 4. The van der Waals surface area contributed by atoms with Crippen LogP contribution in [0.1, 0.15) is 80.1 Å². The minimum Gasteiger partial charge on any atom is -0.481 e. The molecule has 4 rings (SSSR count). The van der Waals surface area contributed by atoms with Gasteiger partial charge in [0.1, 0.15) is 17.7 Å². The molecular weight excluding hydrogens is 436 g/mol. The van der Waals surface area contributed by atoms with Crippen LogP contribution in [-0.4, -0.2) is 45.4 Å². The van der Waals surface area contributed by atoms with E-state index in [2.05, 4.69) is 0 Å². The second kappa shape index (κ2) is 7.42. The number of aliphatic hydroxyl groups excluding tert-OH is 1. The van der Waals surface area contributed by atoms with Crippen molar-refractivity contribution in [3.63, 3.8) is 0 Å². The fourth-order valence-corrected chi connectivity index (χ4v) is 8.21. The fraction of sp³-hybridized carbons (Fsp3) is 0.741. The lowest BCUT2D eigenvalue weighted by Gasteiger charge is -2.59. The molecule has 0 bridgehead atoms. The molecule has 0 heterocycles. The van der Waals surface area contributed by atoms with Gasteiger partial charge in [0.25, 0.3) is 0 Å². The van der Waals surface area contributed by atoms with Crippen LogP contribution < -0.4 is 0 Å². The third-order valence-electron chi connectivity index (χ3n) is 10.6. The second-order valence-corrected chi connectivity index (χ2v) is 12.3. The van der Waals surface area contributed by atoms with Gasteiger partial charge in [0.05, 0.1) is 5.41 Å². The Kier molecular flexibility index (Phi) is 5.45. The molecule has 4 aliphatic rings. The monoisotopic (exact) mass is 472 g/mol. The van der Waals surface area contributed by atoms with E-state index in [4.69, 9.17) is 5.11 Å². The van der Waals surface area contributed by atoms with Gasteiger partial charge >= 0.3 is 5.97 Å². The van der Waals surface area contributed by atoms with Gasteiger partial charge in [-0.3, -0.25) is 24.0 Å². The summed E-state index contributed by atoms with van der Waals surface area (Å²) in [5.41, 5.74) is -3.62. The highest BCUT2D eigenvalue weighted by Gasteiger charge is 2.73. The van der Waals surface area contributed by atoms with Crippen molar-refractivity contribution in [2.24, 2.45) is 39.4 Å². The number of carbonyl (C=O) groups excluding carboxylic acids is 4. The van der Waals surface area contributed by atoms with Crippen molar-refractivity contribution in [3.8, 4) is 0 Å². The van der Waals surface area contributed by atoms with Gasteiger partial charge < -0.3 is 10.2 Å². The molecule has 0 aromatic heterocycles. The van der Waals surface area contributed by atoms with E-state index < -0.39 is 45.4 Å². The highest BCUT2D eigenvalue weighted by molar-refractivity contribution is 6.18. The van der Waals surface area contributed by atoms with Crippen molar-refractivity contribution in [2.45, 2.75) is 86.2 Å². The minimum atomic E-state index is -1.48. The van der Waals surface area contributed by atoms with Crippen LogP contribution in [-0.2, 0) is 24.0 Å². The quantitative estimate of drug-likeness (QED) is 0.643. The maximum Gasteiger partial charge on any atom is 0.303 e. The first kappa shape index (κ1) is 25.0. The zero-order valence-corrected chi connectivity index (χ0v) is 21.0. The third-order valence-corrected chi connectivity index (χ3v) is 10.6. The Hall–Kier alpha value is -2.15. The van der Waals surface area contributed by atoms with Crippen LogP contribution in [0.4, 0.5) is 0 Å². The molecule has 186 valence electrons. The van der Waals surface area contributed by atoms with Crippen LogP contribution in [0.15, 0.2) is 11.1 Å². The van der Waals surface area contributed by atoms with Crippen molar-refractivity contribution in [1.82, 2.24) is 0 Å². The summed E-state index contributed by atoms with van der Waals surface area (Å²) >= 11 is 0. The van der Waals surface area contributed by atoms with Crippen molar-refractivity contribution in [1.29, 1.82) is 0 Å². The molecular formula is C27H36O7. The first-order valence-corrected chi connectivity index (χ1v) is 12.3. The average molecular weight is 473 g/mol. The summed E-state index contributed by atoms with van der Waals surface area (Å²) in [7, 11) is 0. The van der Waals surface area contributed by atoms with Gasteiger partial charge in [-0.25, -0.2) is 0 Å². The molecule has 2 fully saturated rings. The van der Waals surface area contributed by atoms with E-state index in [9.17, 15) is 29.1 Å². The molecule has 34 heavy (non-hydrogen) atoms. The Bertz CT molecular complexity index is 1050. The molecule has 0 spiro atoms. The molecule has 7 nitrogen and oxygen atoms in total. The maximum absolute atomic E-state index is 13.9. The summed E-state index contributed by atoms with van der Waals surface area (Å²) in [4.78, 5) is 65.3. The van der Waals surface area contributed by atoms with E-state index in [0.717, 1.165) is 0 Å². The smallest absolute Gasteiger partial charge is 0.303 e. The lowest BCUT2D eigenvalue weighted by Crippen LogP contribution is -2.64. The molecule has 0 unspecified atom stereocenters. The second-order valence-electron chi connectivity index (χ2n) is 12.3. The van der Waals surface area contributed by atoms with Crippen molar-refractivity contribution in [2.75, 3.05) is 0 Å². The topological polar surface area (TPSA) is 126 Å². The van der Waals surface area contributed by atoms with E-state index in [1.54, 1.807) is 13.8 Å². The summed E-state index contributed by atoms with van der Waals surface area (Å²) in [5, 5.41) is 20.7. The Morgan fingerprint density at radius 1 is 1.00 bits per heavy atom. The van der Waals surface area contributed by atoms with Crippen molar-refractivity contribution in [3.05, 3.63) is 11.1 Å². The van der Waals surface area contributed by atoms with Crippen molar-refractivity contribution >= 4 is 29.1 Å². The van der Waals surface area contributed by atoms with E-state index >= 15 is 0 Å². The van der Waals surface area contributed by atoms with Gasteiger partial charge in [0, 0.05) is 53.1 Å². The largest absolute Gasteiger partial charge is 0.481 e. The number of hydrogen-bond donors (Lipinski definition) is 2. The standard InChI is InChI=1S/C27H36O7/c1-13(7-8-19(31)32)14-11-18(30)27(6)20-15(28)12-16-24(2,3)17(29)9-10-25(16,4)21(20)22(33)23(34)26(14,27)5/h13-14,16,23,34H,7-12H2,1-6H3,(H,31,32)/t13-,14-,16-,23-,25+,26+,27+/m1/s1. The number of aliphatic carboxylic acids is 1. The number of Topliss-reactive ketones (excluding diaryl/α,β-unsaturated/α-hetero) is 4. The number of allylic oxidation sites excluding steroid dienone is 1. The predicted molar refractivity (Wildman–Crippen MR) is 123 cm³/mol. The summed E-state index contributed by atoms with van der Waals surface area (Å²) in [6.07, 6.45) is -0.366. The van der Waals surface area contributed by atoms with E-state index in [-0.39, 0.29) is 66.0 Å². The van der Waals surface area contributed by atoms with Gasteiger partial charge in [-0.15, -0.1) is 0 Å². The summed E-state index contributed by atoms with van der Waals surface area (Å²) in [6.45, 7) is 10.8. The number of aliphatic hydroxyl groups is 1. The van der Waals surface area contributed by atoms with Gasteiger partial charge in [-0.1, -0.05) is 34.6 Å². The maximum atomic E-state index is 13.9. The summed E-state index contributed by atoms with van der Waals surface area (Å²) in [5.74, 6) is -2.88. The normalized spacial score (nSPS) is 42.3. The van der Waals surface area contributed by atoms with Gasteiger partial charge in [-0.05, 0) is 37.5 Å². The number of carboxylic acids is 1. The third kappa shape index (κ3) is 2.82. The van der Waals surface area contributed by atoms with Gasteiger partial charge in [0.2, 0.25) is 0 Å². The highest BCUT2D eigenvalue weighted by Crippen LogP contribution is 2.69. The van der Waals surface area contributed by atoms with Gasteiger partial charge in [-0.2, -0.15) is 0 Å². The zero-order chi connectivity index (χ0) is 25.6. The number of hydrogen-bond acceptors (Lipinski definition) is 6. The van der Waals surface area contributed by atoms with E-state index in [1.165, 1.54) is 0 Å². The molecule has 0 aromatic rings. The van der Waals surface area contributed by atoms with Crippen LogP contribution in [0.3, 0.4) is 0 Å². The van der Waals surface area contributed by atoms with Crippen LogP contribution in [0.2, 0.25) is 0 Å². The van der Waals surface area contributed by atoms with Crippen LogP contribution in [0.25, 0.3) is 0 Å². The molecule has 7 heteroatoms. The molecule has 0 aliphatic heterocycles. The number of fused-ring (bicyclic) bond motifs is 4. The van der Waals surface area contributed by atoms with Crippen molar-refractivity contribution < 1.29 is 34.2 Å². The molecule has 4 aliphatic carbocycles. The number of rotatable bonds is 4. The Morgan fingerprint density at radius 3 is 2.21 bits per heavy atom. The SMILES string of the molecule is C[C@H](CCC(=O)O)[C@H]1CC(=O)[C@@]2(C)C3=C(C(=O)[C@@H](O)[C@]12C)[C@@]1(C)CCC(=O)C(C)(C)[C@H]1CC3=O. The number of carbonyl (C=O) groups is 5. The zero-order valence-electron chi connectivity index (χ0n) is 21.0. The molecule has 0 amide bonds. The average Bonchev–Trinajstić information content (AvgIpc) is 2.97. The molecule has 2 saturated carbocycles. The van der Waals surface area contributed by atoms with Crippen LogP contribution in [0, 0.1) is 39.4 Å². The number of carboxylic acid groups (broad SMARTS) is 1. The molecule has 0 radical (unpaired) electrons. The lowest BCUT2D eigenvalue weighted by molar-refractivity contribution is -0.158. The highest BCUT2D eigenvalue weighted by atomic mass is 16.4. The molecule has 0 saturated heterocycles. The molecule has 0 aromatic carbocycles.